The van der Waals surface area contributed by atoms with Crippen LogP contribution in [0.5, 0.6) is 0 Å². The van der Waals surface area contributed by atoms with Gasteiger partial charge in [-0.15, -0.1) is 0 Å². The number of hydrogen-bond acceptors (Lipinski definition) is 2. The lowest BCUT2D eigenvalue weighted by Crippen LogP contribution is -2.57. The van der Waals surface area contributed by atoms with E-state index in [9.17, 15) is 4.79 Å². The molecule has 1 aliphatic carbocycles. The predicted molar refractivity (Wildman–Crippen MR) is 70.6 cm³/mol. The molecule has 0 radical (unpaired) electrons. The van der Waals surface area contributed by atoms with Gasteiger partial charge in [0.1, 0.15) is 0 Å². The highest BCUT2D eigenvalue weighted by Crippen LogP contribution is 2.41. The fourth-order valence-electron chi connectivity index (χ4n) is 4.33. The highest BCUT2D eigenvalue weighted by Gasteiger charge is 2.44. The van der Waals surface area contributed by atoms with Gasteiger partial charge < -0.3 is 4.90 Å². The van der Waals surface area contributed by atoms with E-state index in [4.69, 9.17) is 4.99 Å². The van der Waals surface area contributed by atoms with Crippen molar-refractivity contribution >= 4 is 11.6 Å². The normalized spacial score (nSPS) is 38.6. The molecule has 3 atom stereocenters. The molecular weight excluding hydrogens is 224 g/mol. The Morgan fingerprint density at radius 2 is 2.22 bits per heavy atom. The van der Waals surface area contributed by atoms with Crippen LogP contribution in [0.1, 0.15) is 38.5 Å². The Labute approximate surface area is 108 Å². The first-order valence-corrected chi connectivity index (χ1v) is 7.38. The molecule has 4 aliphatic rings. The molecule has 0 aromatic carbocycles. The molecule has 0 aromatic heterocycles. The van der Waals surface area contributed by atoms with E-state index in [0.29, 0.717) is 23.8 Å². The van der Waals surface area contributed by atoms with Crippen LogP contribution in [0, 0.1) is 11.8 Å². The highest BCUT2D eigenvalue weighted by atomic mass is 16.2. The Kier molecular flexibility index (Phi) is 2.36. The van der Waals surface area contributed by atoms with E-state index in [1.165, 1.54) is 37.0 Å². The maximum absolute atomic E-state index is 12.1. The van der Waals surface area contributed by atoms with E-state index in [2.05, 4.69) is 11.0 Å². The van der Waals surface area contributed by atoms with Gasteiger partial charge >= 0.3 is 0 Å². The van der Waals surface area contributed by atoms with Gasteiger partial charge in [-0.25, -0.2) is 0 Å². The van der Waals surface area contributed by atoms with E-state index in [-0.39, 0.29) is 0 Å². The van der Waals surface area contributed by atoms with Gasteiger partial charge in [-0.05, 0) is 43.6 Å². The van der Waals surface area contributed by atoms with Crippen molar-refractivity contribution in [1.82, 2.24) is 4.90 Å². The summed E-state index contributed by atoms with van der Waals surface area (Å²) in [5.41, 5.74) is 2.88. The largest absolute Gasteiger partial charge is 0.338 e. The molecule has 3 heterocycles. The molecule has 96 valence electrons. The monoisotopic (exact) mass is 244 g/mol. The first-order chi connectivity index (χ1) is 8.83. The number of rotatable bonds is 0. The molecule has 0 unspecified atom stereocenters. The van der Waals surface area contributed by atoms with E-state index < -0.39 is 0 Å². The van der Waals surface area contributed by atoms with Crippen molar-refractivity contribution in [3.8, 4) is 0 Å². The minimum Gasteiger partial charge on any atom is -0.338 e. The lowest BCUT2D eigenvalue weighted by Gasteiger charge is -2.50. The number of nitrogens with zero attached hydrogens (tertiary/aromatic N) is 2. The van der Waals surface area contributed by atoms with Gasteiger partial charge in [-0.1, -0.05) is 6.08 Å². The van der Waals surface area contributed by atoms with Crippen LogP contribution < -0.4 is 0 Å². The molecule has 2 saturated heterocycles. The molecule has 2 bridgehead atoms. The number of carbonyl (C=O) groups is 1. The number of aliphatic imine (C=N–C) groups is 1. The topological polar surface area (TPSA) is 32.7 Å². The van der Waals surface area contributed by atoms with Crippen LogP contribution in [0.4, 0.5) is 0 Å². The van der Waals surface area contributed by atoms with Gasteiger partial charge in [-0.2, -0.15) is 0 Å². The van der Waals surface area contributed by atoms with Crippen LogP contribution in [0.25, 0.3) is 0 Å². The summed E-state index contributed by atoms with van der Waals surface area (Å²) in [6, 6.07) is 0.461. The van der Waals surface area contributed by atoms with Gasteiger partial charge in [0.25, 0.3) is 0 Å². The second-order valence-corrected chi connectivity index (χ2v) is 6.17. The minimum atomic E-state index is 0.384. The van der Waals surface area contributed by atoms with Crippen LogP contribution in [0.3, 0.4) is 0 Å². The Bertz CT molecular complexity index is 451. The van der Waals surface area contributed by atoms with Crippen molar-refractivity contribution < 1.29 is 4.79 Å². The zero-order chi connectivity index (χ0) is 12.1. The zero-order valence-corrected chi connectivity index (χ0v) is 10.8. The molecule has 3 nitrogen and oxygen atoms in total. The zero-order valence-electron chi connectivity index (χ0n) is 10.8. The Hall–Kier alpha value is -1.12. The average Bonchev–Trinajstić information content (AvgIpc) is 2.40. The molecule has 18 heavy (non-hydrogen) atoms. The van der Waals surface area contributed by atoms with Crippen LogP contribution >= 0.6 is 0 Å². The van der Waals surface area contributed by atoms with E-state index in [1.807, 2.05) is 0 Å². The second-order valence-electron chi connectivity index (χ2n) is 6.17. The third-order valence-electron chi connectivity index (χ3n) is 5.07. The molecule has 0 spiro atoms. The van der Waals surface area contributed by atoms with Crippen LogP contribution in [0.15, 0.2) is 16.6 Å². The molecule has 3 heteroatoms. The van der Waals surface area contributed by atoms with Crippen molar-refractivity contribution in [3.63, 3.8) is 0 Å². The Morgan fingerprint density at radius 3 is 3.17 bits per heavy atom. The first kappa shape index (κ1) is 10.8. The summed E-state index contributed by atoms with van der Waals surface area (Å²) in [6.07, 6.45) is 9.11. The summed E-state index contributed by atoms with van der Waals surface area (Å²) in [5, 5.41) is 0. The van der Waals surface area contributed by atoms with Gasteiger partial charge in [0.05, 0.1) is 0 Å². The summed E-state index contributed by atoms with van der Waals surface area (Å²) in [5.74, 6) is 1.53. The summed E-state index contributed by atoms with van der Waals surface area (Å²) >= 11 is 0. The third-order valence-corrected chi connectivity index (χ3v) is 5.07. The minimum absolute atomic E-state index is 0.384. The summed E-state index contributed by atoms with van der Waals surface area (Å²) in [7, 11) is 0. The van der Waals surface area contributed by atoms with Crippen molar-refractivity contribution in [3.05, 3.63) is 11.6 Å². The first-order valence-electron chi connectivity index (χ1n) is 7.38. The fourth-order valence-corrected chi connectivity index (χ4v) is 4.33. The summed E-state index contributed by atoms with van der Waals surface area (Å²) in [6.45, 7) is 1.96. The number of hydrogen-bond donors (Lipinski definition) is 0. The van der Waals surface area contributed by atoms with Crippen LogP contribution in [0.2, 0.25) is 0 Å². The third kappa shape index (κ3) is 1.49. The number of piperidine rings is 2. The Morgan fingerprint density at radius 1 is 1.28 bits per heavy atom. The van der Waals surface area contributed by atoms with Crippen LogP contribution in [-0.4, -0.2) is 35.7 Å². The molecule has 0 N–H and O–H groups in total. The fraction of sp³-hybridized carbons (Fsp3) is 0.733. The highest BCUT2D eigenvalue weighted by molar-refractivity contribution is 6.04. The van der Waals surface area contributed by atoms with Crippen LogP contribution in [-0.2, 0) is 4.79 Å². The molecule has 3 aliphatic heterocycles. The maximum atomic E-state index is 12.1. The summed E-state index contributed by atoms with van der Waals surface area (Å²) < 4.78 is 0. The molecule has 2 fully saturated rings. The molecular formula is C15H20N2O. The second kappa shape index (κ2) is 3.94. The predicted octanol–water partition coefficient (Wildman–Crippen LogP) is 2.18. The SMILES string of the molecule is O=C1CCC[C@@H]2[C@H]3C[C@H](C=C4CCCN=C43)CN12. The number of carbonyl (C=O) groups excluding carboxylic acids is 1. The maximum Gasteiger partial charge on any atom is 0.222 e. The van der Waals surface area contributed by atoms with Crippen molar-refractivity contribution in [2.75, 3.05) is 13.1 Å². The average molecular weight is 244 g/mol. The number of allylic oxidation sites excluding steroid dienone is 1. The number of fused-ring (bicyclic) bond motifs is 6. The summed E-state index contributed by atoms with van der Waals surface area (Å²) in [4.78, 5) is 19.1. The lowest BCUT2D eigenvalue weighted by molar-refractivity contribution is -0.140. The standard InChI is InChI=1S/C15H20N2O/c18-14-5-1-4-13-12-8-10(9-17(13)14)7-11-3-2-6-16-15(11)12/h7,10,12-13H,1-6,8-9H2/t10-,12+,13+/m0/s1. The quantitative estimate of drug-likeness (QED) is 0.643. The van der Waals surface area contributed by atoms with Gasteiger partial charge in [0.2, 0.25) is 5.91 Å². The van der Waals surface area contributed by atoms with Crippen molar-refractivity contribution in [2.45, 2.75) is 44.6 Å². The van der Waals surface area contributed by atoms with E-state index in [1.54, 1.807) is 0 Å². The van der Waals surface area contributed by atoms with E-state index in [0.717, 1.165) is 25.9 Å². The van der Waals surface area contributed by atoms with Crippen molar-refractivity contribution in [2.24, 2.45) is 16.8 Å². The van der Waals surface area contributed by atoms with Gasteiger partial charge in [0.15, 0.2) is 0 Å². The number of amides is 1. The molecule has 1 amide bonds. The smallest absolute Gasteiger partial charge is 0.222 e. The lowest BCUT2D eigenvalue weighted by atomic mass is 9.69. The molecule has 0 aromatic rings. The van der Waals surface area contributed by atoms with Gasteiger partial charge in [0, 0.05) is 37.2 Å². The Balaban J connectivity index is 1.74. The molecule has 4 rings (SSSR count). The van der Waals surface area contributed by atoms with Crippen molar-refractivity contribution in [1.29, 1.82) is 0 Å². The molecule has 0 saturated carbocycles. The van der Waals surface area contributed by atoms with E-state index >= 15 is 0 Å². The van der Waals surface area contributed by atoms with Gasteiger partial charge in [-0.3, -0.25) is 9.79 Å².